The van der Waals surface area contributed by atoms with Gasteiger partial charge >= 0.3 is 6.03 Å². The smallest absolute Gasteiger partial charge is 0.319 e. The van der Waals surface area contributed by atoms with Crippen molar-refractivity contribution in [3.63, 3.8) is 0 Å². The summed E-state index contributed by atoms with van der Waals surface area (Å²) in [6.45, 7) is 4.99. The van der Waals surface area contributed by atoms with E-state index >= 15 is 0 Å². The lowest BCUT2D eigenvalue weighted by Crippen LogP contribution is -2.30. The average Bonchev–Trinajstić information content (AvgIpc) is 2.79. The van der Waals surface area contributed by atoms with Gasteiger partial charge in [-0.25, -0.2) is 4.79 Å². The fraction of sp³-hybridized carbons (Fsp3) is 0.583. The Morgan fingerprint density at radius 2 is 2.10 bits per heavy atom. The second-order valence-electron chi connectivity index (χ2n) is 4.14. The minimum Gasteiger partial charge on any atom is -0.476 e. The number of anilines is 1. The second kappa shape index (κ2) is 8.36. The molecule has 1 rings (SSSR count). The zero-order valence-corrected chi connectivity index (χ0v) is 12.5. The Balaban J connectivity index is 2.71. The lowest BCUT2D eigenvalue weighted by molar-refractivity contribution is 0.0997. The van der Waals surface area contributed by atoms with Gasteiger partial charge in [-0.15, -0.1) is 0 Å². The minimum atomic E-state index is -0.672. The summed E-state index contributed by atoms with van der Waals surface area (Å²) in [4.78, 5) is 23.1. The SMILES string of the molecule is CCCCNC(=O)Nc1snc(OCCC)c1C(N)=O. The molecule has 1 heterocycles. The number of ether oxygens (including phenoxy) is 1. The summed E-state index contributed by atoms with van der Waals surface area (Å²) in [7, 11) is 0. The molecule has 0 aliphatic carbocycles. The van der Waals surface area contributed by atoms with Crippen LogP contribution in [-0.4, -0.2) is 29.5 Å². The summed E-state index contributed by atoms with van der Waals surface area (Å²) in [5.41, 5.74) is 5.42. The Morgan fingerprint density at radius 1 is 1.35 bits per heavy atom. The van der Waals surface area contributed by atoms with Gasteiger partial charge in [0.15, 0.2) is 0 Å². The topological polar surface area (TPSA) is 106 Å². The maximum atomic E-state index is 11.6. The molecule has 20 heavy (non-hydrogen) atoms. The molecule has 0 aliphatic rings. The Labute approximate surface area is 122 Å². The zero-order chi connectivity index (χ0) is 15.0. The lowest BCUT2D eigenvalue weighted by atomic mass is 10.3. The van der Waals surface area contributed by atoms with Crippen LogP contribution < -0.4 is 21.1 Å². The summed E-state index contributed by atoms with van der Waals surface area (Å²) in [6, 6.07) is -0.383. The number of carbonyl (C=O) groups excluding carboxylic acids is 2. The monoisotopic (exact) mass is 300 g/mol. The summed E-state index contributed by atoms with van der Waals surface area (Å²) in [6.07, 6.45) is 2.67. The van der Waals surface area contributed by atoms with E-state index in [9.17, 15) is 9.59 Å². The molecule has 112 valence electrons. The molecule has 3 amide bonds. The third-order valence-corrected chi connectivity index (χ3v) is 3.14. The van der Waals surface area contributed by atoms with Crippen LogP contribution in [0.3, 0.4) is 0 Å². The number of hydrogen-bond donors (Lipinski definition) is 3. The summed E-state index contributed by atoms with van der Waals surface area (Å²) in [5, 5.41) is 5.56. The molecule has 0 fully saturated rings. The van der Waals surface area contributed by atoms with E-state index in [2.05, 4.69) is 15.0 Å². The van der Waals surface area contributed by atoms with E-state index in [1.807, 2.05) is 13.8 Å². The fourth-order valence-electron chi connectivity index (χ4n) is 1.40. The summed E-state index contributed by atoms with van der Waals surface area (Å²) in [5.74, 6) is -0.498. The van der Waals surface area contributed by atoms with E-state index in [4.69, 9.17) is 10.5 Å². The normalized spacial score (nSPS) is 10.1. The highest BCUT2D eigenvalue weighted by atomic mass is 32.1. The van der Waals surface area contributed by atoms with Gasteiger partial charge in [-0.3, -0.25) is 10.1 Å². The first-order valence-corrected chi connectivity index (χ1v) is 7.34. The average molecular weight is 300 g/mol. The van der Waals surface area contributed by atoms with E-state index in [0.717, 1.165) is 30.8 Å². The largest absolute Gasteiger partial charge is 0.476 e. The van der Waals surface area contributed by atoms with E-state index < -0.39 is 5.91 Å². The van der Waals surface area contributed by atoms with Crippen LogP contribution in [-0.2, 0) is 0 Å². The van der Waals surface area contributed by atoms with Crippen LogP contribution in [0.5, 0.6) is 5.88 Å². The molecule has 0 atom stereocenters. The van der Waals surface area contributed by atoms with Crippen LogP contribution in [0.2, 0.25) is 0 Å². The molecule has 0 bridgehead atoms. The molecule has 1 aromatic heterocycles. The van der Waals surface area contributed by atoms with Crippen molar-refractivity contribution in [1.29, 1.82) is 0 Å². The first kappa shape index (κ1) is 16.2. The van der Waals surface area contributed by atoms with Crippen LogP contribution in [0.4, 0.5) is 9.80 Å². The Bertz CT molecular complexity index is 462. The number of rotatable bonds is 8. The van der Waals surface area contributed by atoms with Gasteiger partial charge in [0.2, 0.25) is 5.88 Å². The number of unbranched alkanes of at least 4 members (excludes halogenated alkanes) is 1. The third kappa shape index (κ3) is 4.69. The number of primary amides is 1. The van der Waals surface area contributed by atoms with Gasteiger partial charge in [0.25, 0.3) is 5.91 Å². The molecule has 8 heteroatoms. The van der Waals surface area contributed by atoms with E-state index in [1.54, 1.807) is 0 Å². The molecule has 0 unspecified atom stereocenters. The highest BCUT2D eigenvalue weighted by Gasteiger charge is 2.21. The van der Waals surface area contributed by atoms with Crippen molar-refractivity contribution in [2.75, 3.05) is 18.5 Å². The van der Waals surface area contributed by atoms with Crippen molar-refractivity contribution in [3.8, 4) is 5.88 Å². The predicted molar refractivity (Wildman–Crippen MR) is 78.3 cm³/mol. The number of hydrogen-bond acceptors (Lipinski definition) is 5. The summed E-state index contributed by atoms with van der Waals surface area (Å²) >= 11 is 0.975. The number of urea groups is 1. The van der Waals surface area contributed by atoms with Crippen LogP contribution in [0.25, 0.3) is 0 Å². The van der Waals surface area contributed by atoms with E-state index in [1.165, 1.54) is 0 Å². The number of carbonyl (C=O) groups is 2. The molecule has 1 aromatic rings. The molecule has 0 saturated heterocycles. The number of nitrogens with zero attached hydrogens (tertiary/aromatic N) is 1. The standard InChI is InChI=1S/C12H20N4O3S/c1-3-5-6-14-12(18)15-11-8(9(13)17)10(16-20-11)19-7-4-2/h3-7H2,1-2H3,(H2,13,17)(H2,14,15,18). The van der Waals surface area contributed by atoms with Gasteiger partial charge in [-0.1, -0.05) is 20.3 Å². The molecule has 4 N–H and O–H groups in total. The fourth-order valence-corrected chi connectivity index (χ4v) is 2.14. The van der Waals surface area contributed by atoms with Crippen molar-refractivity contribution in [2.45, 2.75) is 33.1 Å². The van der Waals surface area contributed by atoms with Crippen LogP contribution in [0, 0.1) is 0 Å². The number of nitrogens with one attached hydrogen (secondary N) is 2. The van der Waals surface area contributed by atoms with Crippen molar-refractivity contribution in [3.05, 3.63) is 5.56 Å². The Kier molecular flexibility index (Phi) is 6.78. The number of aromatic nitrogens is 1. The van der Waals surface area contributed by atoms with Crippen molar-refractivity contribution in [1.82, 2.24) is 9.69 Å². The Morgan fingerprint density at radius 3 is 2.70 bits per heavy atom. The van der Waals surface area contributed by atoms with Gasteiger partial charge in [0.05, 0.1) is 6.61 Å². The summed E-state index contributed by atoms with van der Waals surface area (Å²) < 4.78 is 9.34. The molecule has 0 radical (unpaired) electrons. The Hall–Kier alpha value is -1.83. The molecule has 7 nitrogen and oxygen atoms in total. The highest BCUT2D eigenvalue weighted by Crippen LogP contribution is 2.30. The van der Waals surface area contributed by atoms with Crippen molar-refractivity contribution < 1.29 is 14.3 Å². The zero-order valence-electron chi connectivity index (χ0n) is 11.7. The van der Waals surface area contributed by atoms with Gasteiger partial charge in [-0.2, -0.15) is 4.37 Å². The molecular formula is C12H20N4O3S. The molecular weight excluding hydrogens is 280 g/mol. The second-order valence-corrected chi connectivity index (χ2v) is 4.91. The first-order chi connectivity index (χ1) is 9.60. The van der Waals surface area contributed by atoms with Gasteiger partial charge in [-0.05, 0) is 24.4 Å². The van der Waals surface area contributed by atoms with E-state index in [0.29, 0.717) is 18.2 Å². The van der Waals surface area contributed by atoms with E-state index in [-0.39, 0.29) is 17.5 Å². The minimum absolute atomic E-state index is 0.120. The molecule has 0 saturated carbocycles. The van der Waals surface area contributed by atoms with Crippen molar-refractivity contribution in [2.24, 2.45) is 5.73 Å². The number of nitrogens with two attached hydrogens (primary N) is 1. The predicted octanol–water partition coefficient (Wildman–Crippen LogP) is 1.95. The van der Waals surface area contributed by atoms with Gasteiger partial charge in [0, 0.05) is 6.54 Å². The third-order valence-electron chi connectivity index (χ3n) is 2.39. The van der Waals surface area contributed by atoms with Crippen LogP contribution >= 0.6 is 11.5 Å². The van der Waals surface area contributed by atoms with Crippen molar-refractivity contribution >= 4 is 28.5 Å². The van der Waals surface area contributed by atoms with Gasteiger partial charge < -0.3 is 15.8 Å². The quantitative estimate of drug-likeness (QED) is 0.638. The number of amides is 3. The van der Waals surface area contributed by atoms with Crippen LogP contribution in [0.1, 0.15) is 43.5 Å². The van der Waals surface area contributed by atoms with Gasteiger partial charge in [0.1, 0.15) is 10.6 Å². The van der Waals surface area contributed by atoms with Crippen LogP contribution in [0.15, 0.2) is 0 Å². The highest BCUT2D eigenvalue weighted by molar-refractivity contribution is 7.11. The molecule has 0 spiro atoms. The maximum Gasteiger partial charge on any atom is 0.319 e. The molecule has 0 aromatic carbocycles. The first-order valence-electron chi connectivity index (χ1n) is 6.57. The molecule has 0 aliphatic heterocycles. The lowest BCUT2D eigenvalue weighted by Gasteiger charge is -2.06. The maximum absolute atomic E-state index is 11.6.